The maximum atomic E-state index is 12.5. The second kappa shape index (κ2) is 5.48. The van der Waals surface area contributed by atoms with Crippen LogP contribution in [-0.4, -0.2) is 46.5 Å². The molecule has 0 saturated carbocycles. The van der Waals surface area contributed by atoms with Crippen LogP contribution in [0.5, 0.6) is 0 Å². The molecule has 5 nitrogen and oxygen atoms in total. The molecule has 0 unspecified atom stereocenters. The summed E-state index contributed by atoms with van der Waals surface area (Å²) in [5, 5.41) is 3.27. The first-order chi connectivity index (χ1) is 10.1. The largest absolute Gasteiger partial charge is 0.339 e. The molecule has 1 saturated heterocycles. The van der Waals surface area contributed by atoms with Gasteiger partial charge in [0.05, 0.1) is 11.0 Å². The molecule has 3 rings (SSSR count). The number of hydrogen-bond donors (Lipinski definition) is 1. The van der Waals surface area contributed by atoms with Crippen molar-refractivity contribution in [2.75, 3.05) is 26.2 Å². The van der Waals surface area contributed by atoms with Crippen LogP contribution in [0.15, 0.2) is 12.1 Å². The fourth-order valence-electron chi connectivity index (χ4n) is 2.85. The van der Waals surface area contributed by atoms with Crippen LogP contribution in [0.1, 0.15) is 17.0 Å². The fourth-order valence-corrected chi connectivity index (χ4v) is 2.85. The summed E-state index contributed by atoms with van der Waals surface area (Å²) in [7, 11) is 0. The molecular weight excluding hydrogens is 264 g/mol. The number of rotatable bonds is 2. The minimum Gasteiger partial charge on any atom is -0.339 e. The number of piperazine rings is 1. The summed E-state index contributed by atoms with van der Waals surface area (Å²) in [6.07, 6.45) is 0. The van der Waals surface area contributed by atoms with Gasteiger partial charge in [-0.05, 0) is 44.0 Å². The summed E-state index contributed by atoms with van der Waals surface area (Å²) in [6.45, 7) is 9.89. The lowest BCUT2D eigenvalue weighted by atomic mass is 10.1. The van der Waals surface area contributed by atoms with Crippen LogP contribution in [0.25, 0.3) is 11.0 Å². The molecule has 5 heteroatoms. The molecule has 0 radical (unpaired) electrons. The molecule has 2 heterocycles. The molecule has 1 fully saturated rings. The third kappa shape index (κ3) is 2.65. The molecule has 0 spiro atoms. The molecule has 2 aromatic rings. The highest BCUT2D eigenvalue weighted by Gasteiger charge is 2.18. The number of nitrogens with zero attached hydrogens (tertiary/aromatic N) is 3. The van der Waals surface area contributed by atoms with E-state index in [1.807, 2.05) is 16.4 Å². The van der Waals surface area contributed by atoms with Crippen molar-refractivity contribution in [2.24, 2.45) is 0 Å². The Bertz CT molecular complexity index is 683. The van der Waals surface area contributed by atoms with Gasteiger partial charge in [0, 0.05) is 26.2 Å². The standard InChI is InChI=1S/C16H22N4O/c1-11-8-14-15(9-12(11)2)20(13(3)18-14)10-16(21)19-6-4-17-5-7-19/h8-9,17H,4-7,10H2,1-3H3. The van der Waals surface area contributed by atoms with E-state index in [1.165, 1.54) is 11.1 Å². The van der Waals surface area contributed by atoms with Crippen molar-refractivity contribution in [1.29, 1.82) is 0 Å². The number of carbonyl (C=O) groups excluding carboxylic acids is 1. The number of fused-ring (bicyclic) bond motifs is 1. The van der Waals surface area contributed by atoms with Crippen LogP contribution in [0.4, 0.5) is 0 Å². The predicted molar refractivity (Wildman–Crippen MR) is 83.4 cm³/mol. The van der Waals surface area contributed by atoms with Crippen LogP contribution >= 0.6 is 0 Å². The van der Waals surface area contributed by atoms with Crippen molar-refractivity contribution >= 4 is 16.9 Å². The lowest BCUT2D eigenvalue weighted by Crippen LogP contribution is -2.47. The maximum Gasteiger partial charge on any atom is 0.242 e. The van der Waals surface area contributed by atoms with Crippen LogP contribution in [0, 0.1) is 20.8 Å². The van der Waals surface area contributed by atoms with Crippen molar-refractivity contribution < 1.29 is 4.79 Å². The van der Waals surface area contributed by atoms with Gasteiger partial charge in [-0.2, -0.15) is 0 Å². The van der Waals surface area contributed by atoms with Crippen molar-refractivity contribution in [1.82, 2.24) is 19.8 Å². The number of aryl methyl sites for hydroxylation is 3. The van der Waals surface area contributed by atoms with E-state index in [1.54, 1.807) is 0 Å². The summed E-state index contributed by atoms with van der Waals surface area (Å²) < 4.78 is 2.03. The van der Waals surface area contributed by atoms with Gasteiger partial charge in [-0.15, -0.1) is 0 Å². The second-order valence-corrected chi connectivity index (χ2v) is 5.80. The Morgan fingerprint density at radius 2 is 1.86 bits per heavy atom. The van der Waals surface area contributed by atoms with Crippen molar-refractivity contribution in [2.45, 2.75) is 27.3 Å². The topological polar surface area (TPSA) is 50.2 Å². The zero-order valence-corrected chi connectivity index (χ0v) is 12.9. The lowest BCUT2D eigenvalue weighted by molar-refractivity contribution is -0.132. The number of carbonyl (C=O) groups is 1. The van der Waals surface area contributed by atoms with Gasteiger partial charge in [-0.1, -0.05) is 0 Å². The van der Waals surface area contributed by atoms with Gasteiger partial charge in [0.2, 0.25) is 5.91 Å². The van der Waals surface area contributed by atoms with Crippen molar-refractivity contribution in [3.63, 3.8) is 0 Å². The molecule has 1 N–H and O–H groups in total. The summed E-state index contributed by atoms with van der Waals surface area (Å²) in [6, 6.07) is 4.24. The first kappa shape index (κ1) is 14.1. The van der Waals surface area contributed by atoms with Crippen LogP contribution in [0.2, 0.25) is 0 Å². The number of benzene rings is 1. The highest BCUT2D eigenvalue weighted by molar-refractivity contribution is 5.82. The molecule has 1 aliphatic rings. The smallest absolute Gasteiger partial charge is 0.242 e. The van der Waals surface area contributed by atoms with E-state index in [0.717, 1.165) is 43.0 Å². The third-order valence-corrected chi connectivity index (χ3v) is 4.32. The van der Waals surface area contributed by atoms with Crippen molar-refractivity contribution in [3.8, 4) is 0 Å². The average molecular weight is 286 g/mol. The Morgan fingerprint density at radius 1 is 1.19 bits per heavy atom. The van der Waals surface area contributed by atoms with Gasteiger partial charge in [0.1, 0.15) is 12.4 Å². The second-order valence-electron chi connectivity index (χ2n) is 5.80. The Hall–Kier alpha value is -1.88. The molecule has 1 aliphatic heterocycles. The van der Waals surface area contributed by atoms with Crippen LogP contribution in [0.3, 0.4) is 0 Å². The molecule has 1 amide bonds. The minimum absolute atomic E-state index is 0.178. The van der Waals surface area contributed by atoms with E-state index in [4.69, 9.17) is 0 Å². The Kier molecular flexibility index (Phi) is 3.68. The molecule has 1 aromatic carbocycles. The maximum absolute atomic E-state index is 12.5. The quantitative estimate of drug-likeness (QED) is 0.908. The first-order valence-electron chi connectivity index (χ1n) is 7.49. The highest BCUT2D eigenvalue weighted by Crippen LogP contribution is 2.20. The molecule has 0 atom stereocenters. The molecule has 112 valence electrons. The first-order valence-corrected chi connectivity index (χ1v) is 7.49. The van der Waals surface area contributed by atoms with Gasteiger partial charge >= 0.3 is 0 Å². The fraction of sp³-hybridized carbons (Fsp3) is 0.500. The average Bonchev–Trinajstić information content (AvgIpc) is 2.76. The zero-order chi connectivity index (χ0) is 15.0. The van der Waals surface area contributed by atoms with Gasteiger partial charge in [0.25, 0.3) is 0 Å². The Labute approximate surface area is 125 Å². The third-order valence-electron chi connectivity index (χ3n) is 4.32. The molecule has 0 bridgehead atoms. The van der Waals surface area contributed by atoms with Gasteiger partial charge in [-0.3, -0.25) is 4.79 Å². The number of nitrogens with one attached hydrogen (secondary N) is 1. The summed E-state index contributed by atoms with van der Waals surface area (Å²) in [5.74, 6) is 1.08. The van der Waals surface area contributed by atoms with Crippen molar-refractivity contribution in [3.05, 3.63) is 29.1 Å². The van der Waals surface area contributed by atoms with Crippen LogP contribution < -0.4 is 5.32 Å². The van der Waals surface area contributed by atoms with E-state index in [-0.39, 0.29) is 5.91 Å². The summed E-state index contributed by atoms with van der Waals surface area (Å²) in [5.41, 5.74) is 4.50. The predicted octanol–water partition coefficient (Wildman–Crippen LogP) is 1.39. The Balaban J connectivity index is 1.91. The van der Waals surface area contributed by atoms with Gasteiger partial charge < -0.3 is 14.8 Å². The van der Waals surface area contributed by atoms with E-state index < -0.39 is 0 Å². The van der Waals surface area contributed by atoms with Gasteiger partial charge in [-0.25, -0.2) is 4.98 Å². The lowest BCUT2D eigenvalue weighted by Gasteiger charge is -2.27. The minimum atomic E-state index is 0.178. The molecule has 0 aliphatic carbocycles. The highest BCUT2D eigenvalue weighted by atomic mass is 16.2. The van der Waals surface area contributed by atoms with E-state index in [9.17, 15) is 4.79 Å². The molecule has 21 heavy (non-hydrogen) atoms. The Morgan fingerprint density at radius 3 is 2.57 bits per heavy atom. The van der Waals surface area contributed by atoms with E-state index in [2.05, 4.69) is 36.3 Å². The zero-order valence-electron chi connectivity index (χ0n) is 12.9. The van der Waals surface area contributed by atoms with E-state index in [0.29, 0.717) is 6.54 Å². The number of imidazole rings is 1. The normalized spacial score (nSPS) is 15.7. The van der Waals surface area contributed by atoms with Crippen LogP contribution in [-0.2, 0) is 11.3 Å². The number of amides is 1. The monoisotopic (exact) mass is 286 g/mol. The number of aromatic nitrogens is 2. The SMILES string of the molecule is Cc1cc2nc(C)n(CC(=O)N3CCNCC3)c2cc1C. The molecular formula is C16H22N4O. The summed E-state index contributed by atoms with van der Waals surface area (Å²) in [4.78, 5) is 19.0. The molecule has 1 aromatic heterocycles. The summed E-state index contributed by atoms with van der Waals surface area (Å²) >= 11 is 0. The number of hydrogen-bond acceptors (Lipinski definition) is 3. The van der Waals surface area contributed by atoms with E-state index >= 15 is 0 Å². The van der Waals surface area contributed by atoms with Gasteiger partial charge in [0.15, 0.2) is 0 Å².